The van der Waals surface area contributed by atoms with Crippen molar-refractivity contribution in [1.29, 1.82) is 0 Å². The van der Waals surface area contributed by atoms with Gasteiger partial charge in [0.1, 0.15) is 5.82 Å². The van der Waals surface area contributed by atoms with Crippen molar-refractivity contribution in [2.24, 2.45) is 0 Å². The molecule has 0 aliphatic carbocycles. The molecule has 0 saturated carbocycles. The van der Waals surface area contributed by atoms with Crippen molar-refractivity contribution in [1.82, 2.24) is 10.2 Å². The maximum absolute atomic E-state index is 5.93. The van der Waals surface area contributed by atoms with E-state index in [1.54, 1.807) is 14.2 Å². The van der Waals surface area contributed by atoms with E-state index >= 15 is 0 Å². The van der Waals surface area contributed by atoms with Crippen LogP contribution in [0.3, 0.4) is 0 Å². The number of para-hydroxylation sites is 1. The van der Waals surface area contributed by atoms with Crippen molar-refractivity contribution in [3.05, 3.63) is 23.8 Å². The molecule has 3 N–H and O–H groups in total. The first kappa shape index (κ1) is 13.3. The molecule has 2 aromatic rings. The van der Waals surface area contributed by atoms with Crippen LogP contribution in [0.5, 0.6) is 11.5 Å². The van der Waals surface area contributed by atoms with Crippen LogP contribution in [-0.4, -0.2) is 24.4 Å². The Bertz CT molecular complexity index is 576. The molecule has 0 atom stereocenters. The molecule has 5 nitrogen and oxygen atoms in total. The van der Waals surface area contributed by atoms with Gasteiger partial charge in [0.25, 0.3) is 0 Å². The fourth-order valence-corrected chi connectivity index (χ4v) is 2.24. The number of hydrogen-bond donors (Lipinski definition) is 2. The van der Waals surface area contributed by atoms with Crippen molar-refractivity contribution >= 4 is 5.82 Å². The molecule has 0 unspecified atom stereocenters. The lowest BCUT2D eigenvalue weighted by Gasteiger charge is -2.13. The zero-order valence-electron chi connectivity index (χ0n) is 11.7. The molecule has 0 aliphatic heterocycles. The minimum absolute atomic E-state index is 0.268. The van der Waals surface area contributed by atoms with Gasteiger partial charge in [-0.1, -0.05) is 19.9 Å². The zero-order chi connectivity index (χ0) is 14.0. The molecule has 1 aromatic carbocycles. The Morgan fingerprint density at radius 2 is 1.95 bits per heavy atom. The minimum Gasteiger partial charge on any atom is -0.493 e. The van der Waals surface area contributed by atoms with E-state index in [0.717, 1.165) is 16.8 Å². The van der Waals surface area contributed by atoms with Crippen molar-refractivity contribution in [3.63, 3.8) is 0 Å². The van der Waals surface area contributed by atoms with Crippen molar-refractivity contribution in [2.75, 3.05) is 20.0 Å². The summed E-state index contributed by atoms with van der Waals surface area (Å²) >= 11 is 0. The average Bonchev–Trinajstić information content (AvgIpc) is 2.79. The first-order chi connectivity index (χ1) is 9.10. The molecule has 1 heterocycles. The molecular formula is C14H19N3O2. The summed E-state index contributed by atoms with van der Waals surface area (Å²) in [5.74, 6) is 2.15. The Labute approximate surface area is 112 Å². The number of rotatable bonds is 4. The number of methoxy groups -OCH3 is 2. The Morgan fingerprint density at radius 3 is 2.53 bits per heavy atom. The maximum Gasteiger partial charge on any atom is 0.170 e. The maximum atomic E-state index is 5.93. The van der Waals surface area contributed by atoms with E-state index in [0.29, 0.717) is 17.3 Å². The van der Waals surface area contributed by atoms with Gasteiger partial charge in [0.15, 0.2) is 11.5 Å². The fraction of sp³-hybridized carbons (Fsp3) is 0.357. The summed E-state index contributed by atoms with van der Waals surface area (Å²) in [5.41, 5.74) is 8.70. The van der Waals surface area contributed by atoms with Crippen LogP contribution in [0.4, 0.5) is 5.82 Å². The van der Waals surface area contributed by atoms with Gasteiger partial charge in [-0.15, -0.1) is 0 Å². The molecule has 0 fully saturated rings. The number of nitrogens with zero attached hydrogens (tertiary/aromatic N) is 1. The first-order valence-corrected chi connectivity index (χ1v) is 6.15. The van der Waals surface area contributed by atoms with Crippen LogP contribution in [0.25, 0.3) is 11.3 Å². The highest BCUT2D eigenvalue weighted by molar-refractivity contribution is 5.76. The highest BCUT2D eigenvalue weighted by atomic mass is 16.5. The number of aromatic nitrogens is 2. The van der Waals surface area contributed by atoms with E-state index in [2.05, 4.69) is 24.0 Å². The van der Waals surface area contributed by atoms with Crippen molar-refractivity contribution in [2.45, 2.75) is 19.8 Å². The second-order valence-corrected chi connectivity index (χ2v) is 4.59. The van der Waals surface area contributed by atoms with Gasteiger partial charge in [0.2, 0.25) is 0 Å². The summed E-state index contributed by atoms with van der Waals surface area (Å²) in [7, 11) is 3.24. The normalized spacial score (nSPS) is 10.8. The molecule has 102 valence electrons. The number of nitrogens with one attached hydrogen (secondary N) is 1. The van der Waals surface area contributed by atoms with E-state index < -0.39 is 0 Å². The molecule has 5 heteroatoms. The quantitative estimate of drug-likeness (QED) is 0.887. The number of hydrogen-bond acceptors (Lipinski definition) is 4. The number of ether oxygens (including phenoxy) is 2. The monoisotopic (exact) mass is 261 g/mol. The third-order valence-electron chi connectivity index (χ3n) is 3.08. The van der Waals surface area contributed by atoms with Gasteiger partial charge >= 0.3 is 0 Å². The highest BCUT2D eigenvalue weighted by Crippen LogP contribution is 2.41. The molecule has 2 rings (SSSR count). The third-order valence-corrected chi connectivity index (χ3v) is 3.08. The number of H-pyrrole nitrogens is 1. The van der Waals surface area contributed by atoms with Gasteiger partial charge in [0, 0.05) is 11.1 Å². The van der Waals surface area contributed by atoms with Crippen molar-refractivity contribution in [3.8, 4) is 22.8 Å². The molecule has 0 amide bonds. The zero-order valence-corrected chi connectivity index (χ0v) is 11.7. The SMILES string of the molecule is COc1cccc(-c2[nH]nc(N)c2C(C)C)c1OC. The van der Waals surface area contributed by atoms with Crippen LogP contribution in [0.15, 0.2) is 18.2 Å². The van der Waals surface area contributed by atoms with Crippen LogP contribution >= 0.6 is 0 Å². The summed E-state index contributed by atoms with van der Waals surface area (Å²) in [6, 6.07) is 5.73. The summed E-state index contributed by atoms with van der Waals surface area (Å²) in [6.07, 6.45) is 0. The Kier molecular flexibility index (Phi) is 3.64. The number of nitrogen functional groups attached to an aromatic ring is 1. The van der Waals surface area contributed by atoms with E-state index in [9.17, 15) is 0 Å². The van der Waals surface area contributed by atoms with Crippen LogP contribution in [0.1, 0.15) is 25.3 Å². The van der Waals surface area contributed by atoms with E-state index in [4.69, 9.17) is 15.2 Å². The third kappa shape index (κ3) is 2.23. The van der Waals surface area contributed by atoms with Gasteiger partial charge in [-0.2, -0.15) is 5.10 Å². The fourth-order valence-electron chi connectivity index (χ4n) is 2.24. The summed E-state index contributed by atoms with van der Waals surface area (Å²) in [4.78, 5) is 0. The predicted octanol–water partition coefficient (Wildman–Crippen LogP) is 2.80. The number of nitrogens with two attached hydrogens (primary N) is 1. The standard InChI is InChI=1S/C14H19N3O2/c1-8(2)11-12(16-17-14(11)15)9-6-5-7-10(18-3)13(9)19-4/h5-8H,1-4H3,(H3,15,16,17). The van der Waals surface area contributed by atoms with Crippen LogP contribution in [-0.2, 0) is 0 Å². The van der Waals surface area contributed by atoms with Gasteiger partial charge in [0.05, 0.1) is 19.9 Å². The summed E-state index contributed by atoms with van der Waals surface area (Å²) < 4.78 is 10.8. The van der Waals surface area contributed by atoms with Crippen molar-refractivity contribution < 1.29 is 9.47 Å². The van der Waals surface area contributed by atoms with Crippen LogP contribution in [0, 0.1) is 0 Å². The number of benzene rings is 1. The second-order valence-electron chi connectivity index (χ2n) is 4.59. The van der Waals surface area contributed by atoms with Gasteiger partial charge in [-0.25, -0.2) is 0 Å². The lowest BCUT2D eigenvalue weighted by atomic mass is 9.98. The lowest BCUT2D eigenvalue weighted by molar-refractivity contribution is 0.356. The van der Waals surface area contributed by atoms with Gasteiger partial charge in [-0.3, -0.25) is 5.10 Å². The van der Waals surface area contributed by atoms with Gasteiger partial charge in [-0.05, 0) is 18.1 Å². The summed E-state index contributed by atoms with van der Waals surface area (Å²) in [6.45, 7) is 4.16. The highest BCUT2D eigenvalue weighted by Gasteiger charge is 2.20. The Hall–Kier alpha value is -2.17. The smallest absolute Gasteiger partial charge is 0.170 e. The Balaban J connectivity index is 2.65. The van der Waals surface area contributed by atoms with E-state index in [-0.39, 0.29) is 5.92 Å². The molecule has 0 aliphatic rings. The average molecular weight is 261 g/mol. The first-order valence-electron chi connectivity index (χ1n) is 6.15. The lowest BCUT2D eigenvalue weighted by Crippen LogP contribution is -1.97. The minimum atomic E-state index is 0.268. The molecule has 0 bridgehead atoms. The molecule has 0 spiro atoms. The van der Waals surface area contributed by atoms with Gasteiger partial charge < -0.3 is 15.2 Å². The topological polar surface area (TPSA) is 73.2 Å². The summed E-state index contributed by atoms with van der Waals surface area (Å²) in [5, 5.41) is 7.09. The van der Waals surface area contributed by atoms with Crippen LogP contribution < -0.4 is 15.2 Å². The van der Waals surface area contributed by atoms with Crippen LogP contribution in [0.2, 0.25) is 0 Å². The molecule has 19 heavy (non-hydrogen) atoms. The molecular weight excluding hydrogens is 242 g/mol. The second kappa shape index (κ2) is 5.22. The number of anilines is 1. The van der Waals surface area contributed by atoms with E-state index in [1.165, 1.54) is 0 Å². The molecule has 0 saturated heterocycles. The van der Waals surface area contributed by atoms with E-state index in [1.807, 2.05) is 18.2 Å². The Morgan fingerprint density at radius 1 is 1.21 bits per heavy atom. The largest absolute Gasteiger partial charge is 0.493 e. The molecule has 0 radical (unpaired) electrons. The molecule has 1 aromatic heterocycles. The predicted molar refractivity (Wildman–Crippen MR) is 75.6 cm³/mol. The number of aromatic amines is 1.